The Labute approximate surface area is 222 Å². The summed E-state index contributed by atoms with van der Waals surface area (Å²) in [5, 5.41) is 12.7. The highest BCUT2D eigenvalue weighted by atomic mass is 16.7. The molecule has 3 aromatic rings. The van der Waals surface area contributed by atoms with Crippen molar-refractivity contribution in [3.8, 4) is 0 Å². The first-order valence-electron chi connectivity index (χ1n) is 13.5. The lowest BCUT2D eigenvalue weighted by Gasteiger charge is -2.53. The van der Waals surface area contributed by atoms with Crippen LogP contribution in [0.15, 0.2) is 34.9 Å². The van der Waals surface area contributed by atoms with Crippen molar-refractivity contribution < 1.29 is 28.6 Å². The SMILES string of the molecule is CNc1ccc2oc(C[C@@H]3O[C@]4(CC[C@@H]3C)O[C@H]([C@@H](C)C(=O)c3ccc[nH]3)[C@H](C)C[C@@H]4C)nc2c1C(=O)O. The largest absolute Gasteiger partial charge is 0.478 e. The van der Waals surface area contributed by atoms with E-state index in [1.807, 2.05) is 13.0 Å². The van der Waals surface area contributed by atoms with Gasteiger partial charge in [0.15, 0.2) is 23.0 Å². The van der Waals surface area contributed by atoms with Gasteiger partial charge < -0.3 is 29.3 Å². The molecule has 3 N–H and O–H groups in total. The zero-order chi connectivity index (χ0) is 27.2. The van der Waals surface area contributed by atoms with E-state index in [0.717, 1.165) is 19.3 Å². The normalized spacial score (nSPS) is 30.4. The molecule has 4 heterocycles. The Morgan fingerprint density at radius 3 is 2.68 bits per heavy atom. The number of ketones is 1. The van der Waals surface area contributed by atoms with Crippen LogP contribution in [-0.2, 0) is 15.9 Å². The molecule has 0 saturated carbocycles. The van der Waals surface area contributed by atoms with E-state index in [1.54, 1.807) is 31.4 Å². The molecule has 0 amide bonds. The summed E-state index contributed by atoms with van der Waals surface area (Å²) >= 11 is 0. The molecule has 2 aromatic heterocycles. The number of hydrogen-bond donors (Lipinski definition) is 3. The van der Waals surface area contributed by atoms with Gasteiger partial charge in [-0.2, -0.15) is 0 Å². The third-order valence-electron chi connectivity index (χ3n) is 8.54. The molecule has 2 aliphatic rings. The van der Waals surface area contributed by atoms with E-state index in [2.05, 4.69) is 36.1 Å². The van der Waals surface area contributed by atoms with Gasteiger partial charge in [0.25, 0.3) is 0 Å². The van der Waals surface area contributed by atoms with Gasteiger partial charge in [-0.15, -0.1) is 0 Å². The number of oxazole rings is 1. The lowest BCUT2D eigenvalue weighted by Crippen LogP contribution is -2.58. The summed E-state index contributed by atoms with van der Waals surface area (Å²) in [5.41, 5.74) is 1.93. The molecule has 2 fully saturated rings. The molecule has 2 aliphatic heterocycles. The molecular weight excluding hydrogens is 486 g/mol. The second-order valence-corrected chi connectivity index (χ2v) is 11.1. The minimum atomic E-state index is -1.06. The Balaban J connectivity index is 1.39. The van der Waals surface area contributed by atoms with Crippen LogP contribution >= 0.6 is 0 Å². The number of carboxylic acids is 1. The summed E-state index contributed by atoms with van der Waals surface area (Å²) in [5.74, 6) is -1.11. The smallest absolute Gasteiger partial charge is 0.340 e. The Morgan fingerprint density at radius 2 is 2.00 bits per heavy atom. The molecule has 1 aromatic carbocycles. The fraction of sp³-hybridized carbons (Fsp3) is 0.552. The second kappa shape index (κ2) is 10.2. The Kier molecular flexibility index (Phi) is 7.09. The maximum atomic E-state index is 13.1. The van der Waals surface area contributed by atoms with Crippen molar-refractivity contribution in [1.29, 1.82) is 0 Å². The summed E-state index contributed by atoms with van der Waals surface area (Å²) in [6, 6.07) is 7.05. The third-order valence-corrected chi connectivity index (χ3v) is 8.54. The minimum Gasteiger partial charge on any atom is -0.478 e. The molecule has 0 radical (unpaired) electrons. The van der Waals surface area contributed by atoms with Gasteiger partial charge in [-0.25, -0.2) is 9.78 Å². The number of aromatic amines is 1. The number of carbonyl (C=O) groups is 2. The van der Waals surface area contributed by atoms with E-state index < -0.39 is 11.8 Å². The predicted octanol–water partition coefficient (Wildman–Crippen LogP) is 5.53. The quantitative estimate of drug-likeness (QED) is 0.345. The standard InChI is InChI=1S/C29H37N3O6/c1-15-10-11-29(17(3)13-16(2)27(38-29)18(4)26(33)20-7-6-12-31-20)37-22(15)14-23-32-25-21(36-23)9-8-19(30-5)24(25)28(34)35/h6-9,12,15-18,22,27,30-31H,10-11,13-14H2,1-5H3,(H,34,35)/t15-,16+,17-,18-,22-,27-,29+/m0/s1. The van der Waals surface area contributed by atoms with Gasteiger partial charge in [-0.05, 0) is 48.9 Å². The number of aromatic nitrogens is 2. The predicted molar refractivity (Wildman–Crippen MR) is 142 cm³/mol. The fourth-order valence-electron chi connectivity index (χ4n) is 6.27. The summed E-state index contributed by atoms with van der Waals surface area (Å²) in [4.78, 5) is 32.7. The summed E-state index contributed by atoms with van der Waals surface area (Å²) in [7, 11) is 1.68. The van der Waals surface area contributed by atoms with E-state index >= 15 is 0 Å². The molecule has 9 nitrogen and oxygen atoms in total. The molecule has 1 spiro atoms. The molecule has 2 saturated heterocycles. The van der Waals surface area contributed by atoms with Gasteiger partial charge in [0.2, 0.25) is 0 Å². The van der Waals surface area contributed by atoms with Crippen molar-refractivity contribution in [3.63, 3.8) is 0 Å². The molecular formula is C29H37N3O6. The van der Waals surface area contributed by atoms with Crippen LogP contribution in [0.3, 0.4) is 0 Å². The molecule has 7 atom stereocenters. The monoisotopic (exact) mass is 523 g/mol. The average Bonchev–Trinajstić information content (AvgIpc) is 3.57. The van der Waals surface area contributed by atoms with Crippen LogP contribution in [0, 0.1) is 23.7 Å². The van der Waals surface area contributed by atoms with E-state index in [-0.39, 0.29) is 47.2 Å². The molecule has 9 heteroatoms. The highest BCUT2D eigenvalue weighted by Gasteiger charge is 2.52. The van der Waals surface area contributed by atoms with Gasteiger partial charge in [0.05, 0.1) is 30.0 Å². The van der Waals surface area contributed by atoms with Crippen LogP contribution in [0.2, 0.25) is 0 Å². The van der Waals surface area contributed by atoms with Crippen molar-refractivity contribution in [2.24, 2.45) is 23.7 Å². The Bertz CT molecular complexity index is 1320. The van der Waals surface area contributed by atoms with Crippen molar-refractivity contribution in [1.82, 2.24) is 9.97 Å². The molecule has 0 aliphatic carbocycles. The first-order valence-corrected chi connectivity index (χ1v) is 13.5. The maximum absolute atomic E-state index is 13.1. The van der Waals surface area contributed by atoms with Crippen LogP contribution in [-0.4, -0.2) is 51.9 Å². The third kappa shape index (κ3) is 4.62. The number of rotatable bonds is 7. The van der Waals surface area contributed by atoms with Gasteiger partial charge >= 0.3 is 5.97 Å². The zero-order valence-corrected chi connectivity index (χ0v) is 22.6. The lowest BCUT2D eigenvalue weighted by atomic mass is 9.75. The van der Waals surface area contributed by atoms with Crippen LogP contribution in [0.25, 0.3) is 11.1 Å². The minimum absolute atomic E-state index is 0.0407. The summed E-state index contributed by atoms with van der Waals surface area (Å²) in [6.45, 7) is 8.39. The number of benzene rings is 1. The summed E-state index contributed by atoms with van der Waals surface area (Å²) in [6.07, 6.45) is 4.22. The van der Waals surface area contributed by atoms with Crippen LogP contribution < -0.4 is 5.32 Å². The van der Waals surface area contributed by atoms with E-state index in [9.17, 15) is 14.7 Å². The molecule has 38 heavy (non-hydrogen) atoms. The average molecular weight is 524 g/mol. The number of aromatic carboxylic acids is 1. The van der Waals surface area contributed by atoms with Crippen LogP contribution in [0.4, 0.5) is 5.69 Å². The van der Waals surface area contributed by atoms with Gasteiger partial charge in [-0.1, -0.05) is 27.7 Å². The number of nitrogens with zero attached hydrogens (tertiary/aromatic N) is 1. The number of carbonyl (C=O) groups excluding carboxylic acids is 1. The Morgan fingerprint density at radius 1 is 1.21 bits per heavy atom. The molecule has 0 bridgehead atoms. The number of carboxylic acid groups (broad SMARTS) is 1. The first-order chi connectivity index (χ1) is 18.1. The van der Waals surface area contributed by atoms with Crippen molar-refractivity contribution in [2.75, 3.05) is 12.4 Å². The lowest BCUT2D eigenvalue weighted by molar-refractivity contribution is -0.355. The topological polar surface area (TPSA) is 127 Å². The van der Waals surface area contributed by atoms with E-state index in [1.165, 1.54) is 0 Å². The number of Topliss-reactive ketones (excluding diaryl/α,β-unsaturated/α-hetero) is 1. The van der Waals surface area contributed by atoms with Crippen LogP contribution in [0.5, 0.6) is 0 Å². The number of nitrogens with one attached hydrogen (secondary N) is 2. The van der Waals surface area contributed by atoms with E-state index in [0.29, 0.717) is 34.8 Å². The molecule has 0 unspecified atom stereocenters. The van der Waals surface area contributed by atoms with Gasteiger partial charge in [-0.3, -0.25) is 4.79 Å². The second-order valence-electron chi connectivity index (χ2n) is 11.1. The summed E-state index contributed by atoms with van der Waals surface area (Å²) < 4.78 is 19.6. The van der Waals surface area contributed by atoms with E-state index in [4.69, 9.17) is 13.9 Å². The zero-order valence-electron chi connectivity index (χ0n) is 22.6. The molecule has 204 valence electrons. The van der Waals surface area contributed by atoms with Gasteiger partial charge in [0, 0.05) is 31.5 Å². The number of ether oxygens (including phenoxy) is 2. The fourth-order valence-corrected chi connectivity index (χ4v) is 6.27. The number of H-pyrrole nitrogens is 1. The van der Waals surface area contributed by atoms with Crippen molar-refractivity contribution in [2.45, 2.75) is 71.4 Å². The molecule has 5 rings (SSSR count). The Hall–Kier alpha value is -3.17. The van der Waals surface area contributed by atoms with Gasteiger partial charge in [0.1, 0.15) is 11.1 Å². The number of anilines is 1. The number of fused-ring (bicyclic) bond motifs is 1. The highest BCUT2D eigenvalue weighted by molar-refractivity contribution is 6.06. The van der Waals surface area contributed by atoms with Crippen molar-refractivity contribution >= 4 is 28.5 Å². The highest BCUT2D eigenvalue weighted by Crippen LogP contribution is 2.48. The maximum Gasteiger partial charge on any atom is 0.340 e. The van der Waals surface area contributed by atoms with Crippen molar-refractivity contribution in [3.05, 3.63) is 47.6 Å². The first kappa shape index (κ1) is 26.4. The van der Waals surface area contributed by atoms with Crippen LogP contribution in [0.1, 0.15) is 73.7 Å². The number of hydrogen-bond acceptors (Lipinski definition) is 7.